The molecule has 0 aliphatic carbocycles. The molecule has 0 amide bonds. The maximum atomic E-state index is 5.68. The second kappa shape index (κ2) is 6.75. The minimum Gasteiger partial charge on any atom is -0.273 e. The van der Waals surface area contributed by atoms with E-state index in [1.807, 2.05) is 24.0 Å². The zero-order valence-electron chi connectivity index (χ0n) is 11.3. The first kappa shape index (κ1) is 14.1. The Labute approximate surface area is 118 Å². The molecular formula is C14H20N4S. The Kier molecular flexibility index (Phi) is 5.01. The van der Waals surface area contributed by atoms with Crippen molar-refractivity contribution >= 4 is 11.8 Å². The normalized spacial score (nSPS) is 12.6. The molecule has 0 fully saturated rings. The predicted molar refractivity (Wildman–Crippen MR) is 79.8 cm³/mol. The SMILES string of the molecule is CSc1ccc(C(CCc2ccnn2C)NN)cc1. The number of hydrazine groups is 1. The van der Waals surface area contributed by atoms with Gasteiger partial charge in [-0.25, -0.2) is 0 Å². The zero-order valence-corrected chi connectivity index (χ0v) is 12.2. The van der Waals surface area contributed by atoms with Crippen LogP contribution in [0.5, 0.6) is 0 Å². The summed E-state index contributed by atoms with van der Waals surface area (Å²) < 4.78 is 1.91. The van der Waals surface area contributed by atoms with Crippen molar-refractivity contribution in [1.82, 2.24) is 15.2 Å². The number of aryl methyl sites for hydroxylation is 2. The largest absolute Gasteiger partial charge is 0.273 e. The van der Waals surface area contributed by atoms with Crippen LogP contribution in [-0.4, -0.2) is 16.0 Å². The van der Waals surface area contributed by atoms with Gasteiger partial charge in [0.2, 0.25) is 0 Å². The van der Waals surface area contributed by atoms with E-state index in [1.165, 1.54) is 16.2 Å². The number of nitrogens with zero attached hydrogens (tertiary/aromatic N) is 2. The highest BCUT2D eigenvalue weighted by atomic mass is 32.2. The summed E-state index contributed by atoms with van der Waals surface area (Å²) in [6.45, 7) is 0. The van der Waals surface area contributed by atoms with E-state index in [2.05, 4.69) is 41.0 Å². The Morgan fingerprint density at radius 2 is 2.05 bits per heavy atom. The van der Waals surface area contributed by atoms with E-state index in [0.29, 0.717) is 0 Å². The van der Waals surface area contributed by atoms with Crippen molar-refractivity contribution < 1.29 is 0 Å². The summed E-state index contributed by atoms with van der Waals surface area (Å²) >= 11 is 1.75. The maximum Gasteiger partial charge on any atom is 0.0492 e. The number of nitrogens with one attached hydrogen (secondary N) is 1. The molecule has 19 heavy (non-hydrogen) atoms. The van der Waals surface area contributed by atoms with Crippen molar-refractivity contribution in [3.63, 3.8) is 0 Å². The van der Waals surface area contributed by atoms with Gasteiger partial charge in [0.25, 0.3) is 0 Å². The lowest BCUT2D eigenvalue weighted by Gasteiger charge is -2.16. The van der Waals surface area contributed by atoms with E-state index in [0.717, 1.165) is 12.8 Å². The van der Waals surface area contributed by atoms with Gasteiger partial charge in [-0.1, -0.05) is 12.1 Å². The van der Waals surface area contributed by atoms with Gasteiger partial charge >= 0.3 is 0 Å². The summed E-state index contributed by atoms with van der Waals surface area (Å²) in [4.78, 5) is 1.27. The van der Waals surface area contributed by atoms with E-state index in [9.17, 15) is 0 Å². The molecule has 0 aliphatic heterocycles. The summed E-state index contributed by atoms with van der Waals surface area (Å²) in [5.41, 5.74) is 5.35. The highest BCUT2D eigenvalue weighted by Gasteiger charge is 2.10. The maximum absolute atomic E-state index is 5.68. The molecule has 2 aromatic rings. The third-order valence-corrected chi connectivity index (χ3v) is 4.07. The highest BCUT2D eigenvalue weighted by Crippen LogP contribution is 2.22. The summed E-state index contributed by atoms with van der Waals surface area (Å²) in [5, 5.41) is 4.18. The summed E-state index contributed by atoms with van der Waals surface area (Å²) in [6, 6.07) is 10.8. The summed E-state index contributed by atoms with van der Waals surface area (Å²) in [7, 11) is 1.97. The number of hydrogen-bond donors (Lipinski definition) is 2. The second-order valence-corrected chi connectivity index (χ2v) is 5.36. The quantitative estimate of drug-likeness (QED) is 0.483. The molecule has 1 unspecified atom stereocenters. The summed E-state index contributed by atoms with van der Waals surface area (Å²) in [5.74, 6) is 5.68. The number of nitrogens with two attached hydrogens (primary N) is 1. The van der Waals surface area contributed by atoms with E-state index in [4.69, 9.17) is 5.84 Å². The van der Waals surface area contributed by atoms with Crippen LogP contribution in [-0.2, 0) is 13.5 Å². The fourth-order valence-electron chi connectivity index (χ4n) is 2.12. The lowest BCUT2D eigenvalue weighted by molar-refractivity contribution is 0.506. The average Bonchev–Trinajstić information content (AvgIpc) is 2.86. The van der Waals surface area contributed by atoms with Crippen molar-refractivity contribution in [3.8, 4) is 0 Å². The molecule has 3 N–H and O–H groups in total. The van der Waals surface area contributed by atoms with Crippen LogP contribution in [0.2, 0.25) is 0 Å². The van der Waals surface area contributed by atoms with Crippen LogP contribution in [0.4, 0.5) is 0 Å². The van der Waals surface area contributed by atoms with Crippen LogP contribution in [0.3, 0.4) is 0 Å². The molecule has 4 nitrogen and oxygen atoms in total. The number of hydrogen-bond acceptors (Lipinski definition) is 4. The third kappa shape index (κ3) is 3.59. The van der Waals surface area contributed by atoms with Gasteiger partial charge in [0.05, 0.1) is 0 Å². The number of thioether (sulfide) groups is 1. The van der Waals surface area contributed by atoms with Gasteiger partial charge in [0.15, 0.2) is 0 Å². The van der Waals surface area contributed by atoms with Crippen LogP contribution in [0.15, 0.2) is 41.4 Å². The van der Waals surface area contributed by atoms with Crippen LogP contribution in [0.25, 0.3) is 0 Å². The fraction of sp³-hybridized carbons (Fsp3) is 0.357. The van der Waals surface area contributed by atoms with Gasteiger partial charge in [-0.05, 0) is 42.9 Å². The molecule has 1 aromatic heterocycles. The van der Waals surface area contributed by atoms with E-state index in [-0.39, 0.29) is 6.04 Å². The molecule has 0 radical (unpaired) electrons. The number of rotatable bonds is 6. The first-order valence-electron chi connectivity index (χ1n) is 6.31. The van der Waals surface area contributed by atoms with Gasteiger partial charge in [0.1, 0.15) is 0 Å². The zero-order chi connectivity index (χ0) is 13.7. The van der Waals surface area contributed by atoms with Crippen molar-refractivity contribution in [2.24, 2.45) is 12.9 Å². The van der Waals surface area contributed by atoms with Crippen LogP contribution in [0.1, 0.15) is 23.7 Å². The Balaban J connectivity index is 2.01. The number of aromatic nitrogens is 2. The topological polar surface area (TPSA) is 55.9 Å². The molecule has 0 saturated carbocycles. The van der Waals surface area contributed by atoms with Gasteiger partial charge < -0.3 is 0 Å². The summed E-state index contributed by atoms with van der Waals surface area (Å²) in [6.07, 6.45) is 5.81. The second-order valence-electron chi connectivity index (χ2n) is 4.48. The molecule has 2 rings (SSSR count). The molecule has 5 heteroatoms. The first-order valence-corrected chi connectivity index (χ1v) is 7.54. The van der Waals surface area contributed by atoms with E-state index >= 15 is 0 Å². The molecule has 1 heterocycles. The van der Waals surface area contributed by atoms with Crippen molar-refractivity contribution in [3.05, 3.63) is 47.8 Å². The Hall–Kier alpha value is -1.30. The first-order chi connectivity index (χ1) is 9.24. The van der Waals surface area contributed by atoms with E-state index in [1.54, 1.807) is 11.8 Å². The van der Waals surface area contributed by atoms with Crippen LogP contribution >= 0.6 is 11.8 Å². The smallest absolute Gasteiger partial charge is 0.0492 e. The lowest BCUT2D eigenvalue weighted by Crippen LogP contribution is -2.28. The molecule has 0 aliphatic rings. The third-order valence-electron chi connectivity index (χ3n) is 3.33. The molecule has 0 spiro atoms. The van der Waals surface area contributed by atoms with Crippen LogP contribution < -0.4 is 11.3 Å². The van der Waals surface area contributed by atoms with Gasteiger partial charge in [0, 0.05) is 29.9 Å². The molecule has 0 saturated heterocycles. The van der Waals surface area contributed by atoms with Crippen LogP contribution in [0, 0.1) is 0 Å². The van der Waals surface area contributed by atoms with Crippen molar-refractivity contribution in [2.75, 3.05) is 6.26 Å². The molecule has 102 valence electrons. The molecule has 1 atom stereocenters. The van der Waals surface area contributed by atoms with Gasteiger partial charge in [-0.15, -0.1) is 11.8 Å². The van der Waals surface area contributed by atoms with Gasteiger partial charge in [-0.2, -0.15) is 5.10 Å². The monoisotopic (exact) mass is 276 g/mol. The number of benzene rings is 1. The Bertz CT molecular complexity index is 506. The minimum atomic E-state index is 0.172. The average molecular weight is 276 g/mol. The standard InChI is InChI=1S/C14H20N4S/c1-18-12(9-10-16-18)5-8-14(17-15)11-3-6-13(19-2)7-4-11/h3-4,6-7,9-10,14,17H,5,8,15H2,1-2H3. The fourth-order valence-corrected chi connectivity index (χ4v) is 2.53. The molecular weight excluding hydrogens is 256 g/mol. The Morgan fingerprint density at radius 3 is 2.58 bits per heavy atom. The highest BCUT2D eigenvalue weighted by molar-refractivity contribution is 7.98. The van der Waals surface area contributed by atoms with E-state index < -0.39 is 0 Å². The lowest BCUT2D eigenvalue weighted by atomic mass is 10.0. The Morgan fingerprint density at radius 1 is 1.32 bits per heavy atom. The van der Waals surface area contributed by atoms with Crippen molar-refractivity contribution in [1.29, 1.82) is 0 Å². The minimum absolute atomic E-state index is 0.172. The van der Waals surface area contributed by atoms with Crippen molar-refractivity contribution in [2.45, 2.75) is 23.8 Å². The predicted octanol–water partition coefficient (Wildman–Crippen LogP) is 2.28. The van der Waals surface area contributed by atoms with Gasteiger partial charge in [-0.3, -0.25) is 16.0 Å². The molecule has 1 aromatic carbocycles. The molecule has 0 bridgehead atoms.